The number of carboxylic acids is 1. The summed E-state index contributed by atoms with van der Waals surface area (Å²) in [4.78, 5) is 144. The lowest BCUT2D eigenvalue weighted by Gasteiger charge is -2.20. The van der Waals surface area contributed by atoms with E-state index in [0.29, 0.717) is 0 Å². The van der Waals surface area contributed by atoms with E-state index < -0.39 is 186 Å². The maximum atomic E-state index is 12.5. The van der Waals surface area contributed by atoms with Gasteiger partial charge >= 0.3 is 5.97 Å². The molecule has 6 atom stereocenters. The molecule has 0 aliphatic heterocycles. The van der Waals surface area contributed by atoms with E-state index in [9.17, 15) is 83.1 Å². The maximum Gasteiger partial charge on any atom is 0.322 e. The van der Waals surface area contributed by atoms with Crippen molar-refractivity contribution in [1.29, 1.82) is 0 Å². The van der Waals surface area contributed by atoms with Crippen molar-refractivity contribution >= 4 is 70.9 Å². The molecule has 0 fully saturated rings. The summed E-state index contributed by atoms with van der Waals surface area (Å²) in [7, 11) is 0. The van der Waals surface area contributed by atoms with Crippen LogP contribution < -0.4 is 64.2 Å². The van der Waals surface area contributed by atoms with Crippen LogP contribution in [0.1, 0.15) is 0 Å². The predicted molar refractivity (Wildman–Crippen MR) is 196 cm³/mol. The Morgan fingerprint density at radius 1 is 0.328 bits per heavy atom. The Labute approximate surface area is 343 Å². The van der Waals surface area contributed by atoms with E-state index in [1.165, 1.54) is 0 Å². The lowest BCUT2D eigenvalue weighted by atomic mass is 10.2. The Bertz CT molecular complexity index is 1580. The molecule has 0 aromatic rings. The minimum atomic E-state index is -1.71. The van der Waals surface area contributed by atoms with Gasteiger partial charge in [0.15, 0.2) is 0 Å². The quantitative estimate of drug-likeness (QED) is 0.0332. The van der Waals surface area contributed by atoms with Crippen molar-refractivity contribution in [3.8, 4) is 0 Å². The molecule has 0 spiro atoms. The van der Waals surface area contributed by atoms with E-state index in [0.717, 1.165) is 0 Å². The first-order chi connectivity index (χ1) is 28.8. The second-order valence-electron chi connectivity index (χ2n) is 12.0. The zero-order chi connectivity index (χ0) is 46.7. The number of carboxylic acid groups (broad SMARTS) is 1. The number of aliphatic hydroxyl groups excluding tert-OH is 6. The molecule has 0 aliphatic carbocycles. The van der Waals surface area contributed by atoms with Crippen molar-refractivity contribution in [2.75, 3.05) is 78.9 Å². The van der Waals surface area contributed by atoms with Crippen LogP contribution in [0.5, 0.6) is 0 Å². The monoisotopic (exact) mass is 882 g/mol. The molecule has 0 saturated carbocycles. The second kappa shape index (κ2) is 29.6. The van der Waals surface area contributed by atoms with Gasteiger partial charge in [-0.2, -0.15) is 0 Å². The SMILES string of the molecule is N[C@@H](CO)C(=O)NCC(=O)N[C@@H](CO)C(=O)NCC(=O)N[C@@H](CO)C(=O)NCC(=O)NC(CO)C(=O)NCC(=O)N[C@@H](CO)C(=O)NCC(=O)N[C@@H](CO)C(=O)NCC(=O)O. The molecule has 0 rings (SSSR count). The molecule has 0 aromatic carbocycles. The number of carbonyl (C=O) groups is 12. The number of carbonyl (C=O) groups excluding carboxylic acids is 11. The highest BCUT2D eigenvalue weighted by Gasteiger charge is 2.27. The molecule has 0 saturated heterocycles. The molecule has 1 unspecified atom stereocenters. The summed E-state index contributed by atoms with van der Waals surface area (Å²) in [5, 5.41) is 87.0. The summed E-state index contributed by atoms with van der Waals surface area (Å²) in [6, 6.07) is -9.57. The number of aliphatic carboxylic acids is 1. The largest absolute Gasteiger partial charge is 0.480 e. The number of aliphatic hydroxyl groups is 6. The van der Waals surface area contributed by atoms with Gasteiger partial charge in [0.25, 0.3) is 0 Å². The van der Waals surface area contributed by atoms with Gasteiger partial charge in [-0.25, -0.2) is 0 Å². The van der Waals surface area contributed by atoms with Gasteiger partial charge in [-0.1, -0.05) is 0 Å². The van der Waals surface area contributed by atoms with Crippen LogP contribution in [0.4, 0.5) is 0 Å². The molecular formula is C30H50N12O19. The first-order valence-electron chi connectivity index (χ1n) is 17.5. The van der Waals surface area contributed by atoms with E-state index in [2.05, 4.69) is 10.6 Å². The fourth-order valence-electron chi connectivity index (χ4n) is 4.03. The van der Waals surface area contributed by atoms with Gasteiger partial charge in [0.1, 0.15) is 42.8 Å². The predicted octanol–water partition coefficient (Wildman–Crippen LogP) is -14.5. The lowest BCUT2D eigenvalue weighted by molar-refractivity contribution is -0.138. The lowest BCUT2D eigenvalue weighted by Crippen LogP contribution is -2.56. The number of hydrogen-bond donors (Lipinski definition) is 19. The molecule has 11 amide bonds. The van der Waals surface area contributed by atoms with E-state index in [1.54, 1.807) is 0 Å². The topological polar surface area (TPSA) is 505 Å². The third-order valence-corrected chi connectivity index (χ3v) is 7.23. The van der Waals surface area contributed by atoms with Crippen molar-refractivity contribution in [3.05, 3.63) is 0 Å². The molecule has 31 nitrogen and oxygen atoms in total. The van der Waals surface area contributed by atoms with Crippen LogP contribution in [-0.4, -0.2) is 222 Å². The van der Waals surface area contributed by atoms with Crippen LogP contribution in [0, 0.1) is 0 Å². The standard InChI is InChI=1S/C30H50N12O19/c31-13(7-43)25(56)32-1-19(49)38-14(8-44)26(57)33-2-20(50)39-15(9-45)27(58)34-3-21(51)40-16(10-46)28(59)35-4-22(52)41-17(11-47)29(60)36-5-23(53)42-18(12-48)30(61)37-6-24(54)55/h13-18,43-48H,1-12,31H2,(H,32,56)(H,33,57)(H,34,58)(H,35,59)(H,36,60)(H,37,61)(H,38,49)(H,39,50)(H,40,51)(H,41,52)(H,42,53)(H,54,55)/t13-,14-,15-,16?,17-,18-/m0/s1. The summed E-state index contributed by atoms with van der Waals surface area (Å²) in [5.41, 5.74) is 5.28. The number of nitrogens with two attached hydrogens (primary N) is 1. The van der Waals surface area contributed by atoms with E-state index >= 15 is 0 Å². The average molecular weight is 883 g/mol. The van der Waals surface area contributed by atoms with Crippen molar-refractivity contribution in [2.24, 2.45) is 5.73 Å². The molecular weight excluding hydrogens is 832 g/mol. The summed E-state index contributed by atoms with van der Waals surface area (Å²) >= 11 is 0. The Balaban J connectivity index is 4.83. The molecule has 0 aromatic heterocycles. The fourth-order valence-corrected chi connectivity index (χ4v) is 4.03. The van der Waals surface area contributed by atoms with E-state index in [1.807, 2.05) is 47.9 Å². The molecule has 0 aliphatic rings. The summed E-state index contributed by atoms with van der Waals surface area (Å²) in [6.45, 7) is -10.6. The average Bonchev–Trinajstić information content (AvgIpc) is 3.24. The third kappa shape index (κ3) is 22.3. The van der Waals surface area contributed by atoms with Gasteiger partial charge in [0, 0.05) is 0 Å². The summed E-state index contributed by atoms with van der Waals surface area (Å²) < 4.78 is 0. The summed E-state index contributed by atoms with van der Waals surface area (Å²) in [6.07, 6.45) is 0. The first-order valence-corrected chi connectivity index (χ1v) is 17.5. The number of nitrogens with one attached hydrogen (secondary N) is 11. The van der Waals surface area contributed by atoms with Crippen LogP contribution >= 0.6 is 0 Å². The van der Waals surface area contributed by atoms with Gasteiger partial charge in [0.2, 0.25) is 65.0 Å². The highest BCUT2D eigenvalue weighted by Crippen LogP contribution is 1.90. The molecule has 0 radical (unpaired) electrons. The molecule has 344 valence electrons. The minimum absolute atomic E-state index is 0.680. The first kappa shape index (κ1) is 54.4. The Hall–Kier alpha value is -6.64. The van der Waals surface area contributed by atoms with Crippen LogP contribution in [0.15, 0.2) is 0 Å². The highest BCUT2D eigenvalue weighted by atomic mass is 16.4. The molecule has 0 bridgehead atoms. The van der Waals surface area contributed by atoms with Crippen molar-refractivity contribution < 1.29 is 93.3 Å². The smallest absolute Gasteiger partial charge is 0.322 e. The van der Waals surface area contributed by atoms with E-state index in [-0.39, 0.29) is 0 Å². The van der Waals surface area contributed by atoms with Crippen LogP contribution in [-0.2, 0) is 57.5 Å². The Morgan fingerprint density at radius 3 is 0.705 bits per heavy atom. The van der Waals surface area contributed by atoms with Gasteiger partial charge in [0.05, 0.1) is 72.4 Å². The van der Waals surface area contributed by atoms with Crippen molar-refractivity contribution in [2.45, 2.75) is 36.3 Å². The normalized spacial score (nSPS) is 13.4. The van der Waals surface area contributed by atoms with Crippen LogP contribution in [0.2, 0.25) is 0 Å². The van der Waals surface area contributed by atoms with Crippen LogP contribution in [0.25, 0.3) is 0 Å². The highest BCUT2D eigenvalue weighted by molar-refractivity contribution is 5.97. The van der Waals surface area contributed by atoms with Crippen molar-refractivity contribution in [3.63, 3.8) is 0 Å². The molecule has 0 heterocycles. The molecule has 31 heteroatoms. The Kier molecular flexibility index (Phi) is 26.3. The zero-order valence-corrected chi connectivity index (χ0v) is 32.1. The maximum absolute atomic E-state index is 12.5. The van der Waals surface area contributed by atoms with E-state index in [4.69, 9.17) is 15.9 Å². The Morgan fingerprint density at radius 2 is 0.525 bits per heavy atom. The number of rotatable bonds is 29. The molecule has 20 N–H and O–H groups in total. The minimum Gasteiger partial charge on any atom is -0.480 e. The van der Waals surface area contributed by atoms with Gasteiger partial charge in [-0.3, -0.25) is 57.5 Å². The van der Waals surface area contributed by atoms with Gasteiger partial charge < -0.3 is 100.0 Å². The zero-order valence-electron chi connectivity index (χ0n) is 32.1. The van der Waals surface area contributed by atoms with Gasteiger partial charge in [-0.05, 0) is 0 Å². The third-order valence-electron chi connectivity index (χ3n) is 7.23. The van der Waals surface area contributed by atoms with Gasteiger partial charge in [-0.15, -0.1) is 0 Å². The second-order valence-corrected chi connectivity index (χ2v) is 12.0. The van der Waals surface area contributed by atoms with Crippen LogP contribution in [0.3, 0.4) is 0 Å². The molecule has 61 heavy (non-hydrogen) atoms. The summed E-state index contributed by atoms with van der Waals surface area (Å²) in [5.74, 6) is -13.0. The van der Waals surface area contributed by atoms with Crippen molar-refractivity contribution in [1.82, 2.24) is 58.5 Å². The number of hydrogen-bond acceptors (Lipinski definition) is 19. The fraction of sp³-hybridized carbons (Fsp3) is 0.600. The number of amides is 11.